The van der Waals surface area contributed by atoms with Crippen molar-refractivity contribution >= 4 is 35.3 Å². The topological polar surface area (TPSA) is 125 Å². The van der Waals surface area contributed by atoms with Gasteiger partial charge in [-0.25, -0.2) is 4.79 Å². The smallest absolute Gasteiger partial charge is 0.328 e. The van der Waals surface area contributed by atoms with E-state index >= 15 is 0 Å². The minimum Gasteiger partial charge on any atom is -0.467 e. The van der Waals surface area contributed by atoms with E-state index in [1.54, 1.807) is 6.92 Å². The first-order valence-electron chi connectivity index (χ1n) is 8.18. The van der Waals surface area contributed by atoms with Crippen molar-refractivity contribution in [2.45, 2.75) is 31.2 Å². The molecule has 1 rings (SSSR count). The second-order valence-electron chi connectivity index (χ2n) is 5.65. The van der Waals surface area contributed by atoms with Gasteiger partial charge in [-0.2, -0.15) is 0 Å². The molecule has 0 aromatic heterocycles. The van der Waals surface area contributed by atoms with Gasteiger partial charge < -0.3 is 14.8 Å². The number of carbonyl (C=O) groups excluding carboxylic acids is 3. The van der Waals surface area contributed by atoms with Crippen LogP contribution in [-0.2, 0) is 23.9 Å². The lowest BCUT2D eigenvalue weighted by molar-refractivity contribution is -0.384. The molecular weight excluding hydrogens is 376 g/mol. The zero-order valence-corrected chi connectivity index (χ0v) is 16.1. The molecule has 9 nitrogen and oxygen atoms in total. The molecule has 1 aromatic carbocycles. The molecule has 27 heavy (non-hydrogen) atoms. The summed E-state index contributed by atoms with van der Waals surface area (Å²) in [4.78, 5) is 46.1. The molecule has 0 fully saturated rings. The molecule has 0 unspecified atom stereocenters. The van der Waals surface area contributed by atoms with Crippen molar-refractivity contribution in [3.05, 3.63) is 34.4 Å². The SMILES string of the molecule is CC[C@@H](C)[C@@H](NC(=O)COC(=O)CSc1ccc([N+](=O)[O-])cc1)C(=O)OC. The minimum atomic E-state index is -0.805. The molecule has 1 N–H and O–H groups in total. The lowest BCUT2D eigenvalue weighted by atomic mass is 9.99. The molecule has 0 bridgehead atoms. The lowest BCUT2D eigenvalue weighted by Gasteiger charge is -2.21. The van der Waals surface area contributed by atoms with Crippen LogP contribution in [0.3, 0.4) is 0 Å². The van der Waals surface area contributed by atoms with Gasteiger partial charge in [0.05, 0.1) is 17.8 Å². The Labute approximate surface area is 160 Å². The number of rotatable bonds is 10. The number of nitrogens with zero attached hydrogens (tertiary/aromatic N) is 1. The van der Waals surface area contributed by atoms with E-state index in [2.05, 4.69) is 10.1 Å². The van der Waals surface area contributed by atoms with Gasteiger partial charge >= 0.3 is 11.9 Å². The number of nitrogens with one attached hydrogen (secondary N) is 1. The first kappa shape index (κ1) is 22.4. The van der Waals surface area contributed by atoms with Crippen LogP contribution >= 0.6 is 11.8 Å². The zero-order valence-electron chi connectivity index (χ0n) is 15.3. The van der Waals surface area contributed by atoms with E-state index in [0.717, 1.165) is 11.8 Å². The van der Waals surface area contributed by atoms with E-state index in [1.165, 1.54) is 31.4 Å². The minimum absolute atomic E-state index is 0.0416. The number of thioether (sulfide) groups is 1. The summed E-state index contributed by atoms with van der Waals surface area (Å²) in [5.41, 5.74) is -0.0416. The van der Waals surface area contributed by atoms with Gasteiger partial charge in [0, 0.05) is 17.0 Å². The number of benzene rings is 1. The van der Waals surface area contributed by atoms with Gasteiger partial charge in [-0.3, -0.25) is 19.7 Å². The molecule has 1 amide bonds. The summed E-state index contributed by atoms with van der Waals surface area (Å²) in [5, 5.41) is 13.1. The van der Waals surface area contributed by atoms with Crippen LogP contribution in [0.5, 0.6) is 0 Å². The van der Waals surface area contributed by atoms with Crippen molar-refractivity contribution in [3.8, 4) is 0 Å². The average molecular weight is 398 g/mol. The first-order chi connectivity index (χ1) is 12.8. The zero-order chi connectivity index (χ0) is 20.4. The lowest BCUT2D eigenvalue weighted by Crippen LogP contribution is -2.47. The van der Waals surface area contributed by atoms with E-state index in [4.69, 9.17) is 4.74 Å². The molecule has 2 atom stereocenters. The number of ether oxygens (including phenoxy) is 2. The van der Waals surface area contributed by atoms with E-state index in [0.29, 0.717) is 11.3 Å². The summed E-state index contributed by atoms with van der Waals surface area (Å²) in [7, 11) is 1.24. The number of non-ortho nitro benzene ring substituents is 1. The van der Waals surface area contributed by atoms with Crippen LogP contribution < -0.4 is 5.32 Å². The Morgan fingerprint density at radius 2 is 1.89 bits per heavy atom. The van der Waals surface area contributed by atoms with Crippen LogP contribution in [0.15, 0.2) is 29.2 Å². The third-order valence-corrected chi connectivity index (χ3v) is 4.74. The van der Waals surface area contributed by atoms with Crippen LogP contribution in [0, 0.1) is 16.0 Å². The maximum absolute atomic E-state index is 11.9. The summed E-state index contributed by atoms with van der Waals surface area (Å²) in [5.74, 6) is -1.96. The molecule has 0 saturated carbocycles. The highest BCUT2D eigenvalue weighted by atomic mass is 32.2. The Kier molecular flexibility index (Phi) is 9.27. The second-order valence-corrected chi connectivity index (χ2v) is 6.70. The molecule has 0 spiro atoms. The predicted molar refractivity (Wildman–Crippen MR) is 98.2 cm³/mol. The molecule has 0 heterocycles. The van der Waals surface area contributed by atoms with Gasteiger partial charge in [-0.15, -0.1) is 11.8 Å². The van der Waals surface area contributed by atoms with Gasteiger partial charge in [-0.05, 0) is 18.1 Å². The molecule has 1 aromatic rings. The number of hydrogen-bond donors (Lipinski definition) is 1. The van der Waals surface area contributed by atoms with Crippen molar-refractivity contribution in [2.24, 2.45) is 5.92 Å². The Hall–Kier alpha value is -2.62. The molecule has 0 aliphatic rings. The van der Waals surface area contributed by atoms with E-state index < -0.39 is 35.4 Å². The Balaban J connectivity index is 2.43. The van der Waals surface area contributed by atoms with Crippen LogP contribution in [-0.4, -0.2) is 48.3 Å². The number of nitro benzene ring substituents is 1. The summed E-state index contributed by atoms with van der Waals surface area (Å²) in [6.45, 7) is 3.17. The Morgan fingerprint density at radius 3 is 2.41 bits per heavy atom. The highest BCUT2D eigenvalue weighted by molar-refractivity contribution is 8.00. The number of amides is 1. The molecule has 148 valence electrons. The predicted octanol–water partition coefficient (Wildman–Crippen LogP) is 1.93. The normalized spacial score (nSPS) is 12.6. The fourth-order valence-electron chi connectivity index (χ4n) is 2.01. The molecule has 10 heteroatoms. The van der Waals surface area contributed by atoms with Crippen LogP contribution in [0.1, 0.15) is 20.3 Å². The number of nitro groups is 1. The Morgan fingerprint density at radius 1 is 1.26 bits per heavy atom. The number of esters is 2. The molecular formula is C17H22N2O7S. The first-order valence-corrected chi connectivity index (χ1v) is 9.17. The highest BCUT2D eigenvalue weighted by Gasteiger charge is 2.26. The summed E-state index contributed by atoms with van der Waals surface area (Å²) < 4.78 is 9.55. The third kappa shape index (κ3) is 7.65. The fraction of sp³-hybridized carbons (Fsp3) is 0.471. The molecule has 0 aliphatic carbocycles. The van der Waals surface area contributed by atoms with Crippen molar-refractivity contribution in [1.29, 1.82) is 0 Å². The number of hydrogen-bond acceptors (Lipinski definition) is 8. The molecule has 0 aliphatic heterocycles. The van der Waals surface area contributed by atoms with Crippen molar-refractivity contribution in [3.63, 3.8) is 0 Å². The van der Waals surface area contributed by atoms with Crippen LogP contribution in [0.25, 0.3) is 0 Å². The number of carbonyl (C=O) groups is 3. The van der Waals surface area contributed by atoms with Crippen LogP contribution in [0.2, 0.25) is 0 Å². The number of methoxy groups -OCH3 is 1. The maximum Gasteiger partial charge on any atom is 0.328 e. The quantitative estimate of drug-likeness (QED) is 0.274. The van der Waals surface area contributed by atoms with Crippen molar-refractivity contribution in [1.82, 2.24) is 5.32 Å². The van der Waals surface area contributed by atoms with Gasteiger partial charge in [0.15, 0.2) is 6.61 Å². The van der Waals surface area contributed by atoms with E-state index in [-0.39, 0.29) is 17.4 Å². The fourth-order valence-corrected chi connectivity index (χ4v) is 2.70. The largest absolute Gasteiger partial charge is 0.467 e. The average Bonchev–Trinajstić information content (AvgIpc) is 2.67. The third-order valence-electron chi connectivity index (χ3n) is 3.75. The van der Waals surface area contributed by atoms with Gasteiger partial charge in [0.1, 0.15) is 6.04 Å². The highest BCUT2D eigenvalue weighted by Crippen LogP contribution is 2.21. The summed E-state index contributed by atoms with van der Waals surface area (Å²) >= 11 is 1.13. The van der Waals surface area contributed by atoms with Crippen molar-refractivity contribution in [2.75, 3.05) is 19.5 Å². The maximum atomic E-state index is 11.9. The second kappa shape index (κ2) is 11.2. The standard InChI is InChI=1S/C17H22N2O7S/c1-4-11(2)16(17(22)25-3)18-14(20)9-26-15(21)10-27-13-7-5-12(6-8-13)19(23)24/h5-8,11,16H,4,9-10H2,1-3H3,(H,18,20)/t11-,16-/m1/s1. The monoisotopic (exact) mass is 398 g/mol. The van der Waals surface area contributed by atoms with Gasteiger partial charge in [-0.1, -0.05) is 20.3 Å². The van der Waals surface area contributed by atoms with Crippen LogP contribution in [0.4, 0.5) is 5.69 Å². The van der Waals surface area contributed by atoms with Crippen molar-refractivity contribution < 1.29 is 28.8 Å². The van der Waals surface area contributed by atoms with E-state index in [1.807, 2.05) is 6.92 Å². The van der Waals surface area contributed by atoms with Gasteiger partial charge in [0.25, 0.3) is 11.6 Å². The van der Waals surface area contributed by atoms with E-state index in [9.17, 15) is 24.5 Å². The molecule has 0 radical (unpaired) electrons. The Bertz CT molecular complexity index is 678. The summed E-state index contributed by atoms with van der Waals surface area (Å²) in [6, 6.07) is 4.92. The summed E-state index contributed by atoms with van der Waals surface area (Å²) in [6.07, 6.45) is 0.658. The molecule has 0 saturated heterocycles. The van der Waals surface area contributed by atoms with Gasteiger partial charge in [0.2, 0.25) is 0 Å².